The van der Waals surface area contributed by atoms with Crippen molar-refractivity contribution in [2.45, 2.75) is 26.2 Å². The summed E-state index contributed by atoms with van der Waals surface area (Å²) in [7, 11) is 1.84. The van der Waals surface area contributed by atoms with Gasteiger partial charge in [0.1, 0.15) is 12.1 Å². The fourth-order valence-electron chi connectivity index (χ4n) is 3.04. The van der Waals surface area contributed by atoms with Gasteiger partial charge in [0, 0.05) is 39.5 Å². The van der Waals surface area contributed by atoms with Crippen LogP contribution in [-0.2, 0) is 6.42 Å². The molecule has 1 saturated heterocycles. The normalized spacial score (nSPS) is 18.0. The summed E-state index contributed by atoms with van der Waals surface area (Å²) in [6.07, 6.45) is 7.71. The number of anilines is 1. The van der Waals surface area contributed by atoms with Gasteiger partial charge in [-0.3, -0.25) is 9.78 Å². The molecule has 122 valence electrons. The smallest absolute Gasteiger partial charge is 0.275 e. The Kier molecular flexibility index (Phi) is 4.55. The summed E-state index contributed by atoms with van der Waals surface area (Å²) in [5, 5.41) is 3.07. The van der Waals surface area contributed by atoms with Crippen molar-refractivity contribution in [2.24, 2.45) is 5.92 Å². The van der Waals surface area contributed by atoms with E-state index >= 15 is 0 Å². The lowest BCUT2D eigenvalue weighted by atomic mass is 9.93. The average molecular weight is 315 g/mol. The zero-order valence-electron chi connectivity index (χ0n) is 13.5. The van der Waals surface area contributed by atoms with Crippen molar-refractivity contribution in [1.29, 1.82) is 0 Å². The lowest BCUT2D eigenvalue weighted by Crippen LogP contribution is -2.40. The topological polar surface area (TPSA) is 84.2 Å². The fourth-order valence-corrected chi connectivity index (χ4v) is 3.04. The third-order valence-electron chi connectivity index (χ3n) is 4.14. The van der Waals surface area contributed by atoms with Gasteiger partial charge < -0.3 is 14.6 Å². The Morgan fingerprint density at radius 2 is 2.26 bits per heavy atom. The molecule has 3 rings (SSSR count). The van der Waals surface area contributed by atoms with Crippen LogP contribution < -0.4 is 5.32 Å². The van der Waals surface area contributed by atoms with Gasteiger partial charge in [-0.05, 0) is 25.2 Å². The van der Waals surface area contributed by atoms with Crippen molar-refractivity contribution in [2.75, 3.05) is 25.5 Å². The van der Waals surface area contributed by atoms with Crippen LogP contribution in [0.4, 0.5) is 5.82 Å². The molecule has 23 heavy (non-hydrogen) atoms. The lowest BCUT2D eigenvalue weighted by Gasteiger charge is -2.32. The highest BCUT2D eigenvalue weighted by molar-refractivity contribution is 5.92. The van der Waals surface area contributed by atoms with E-state index in [4.69, 9.17) is 4.42 Å². The van der Waals surface area contributed by atoms with Gasteiger partial charge in [0.2, 0.25) is 0 Å². The highest BCUT2D eigenvalue weighted by atomic mass is 16.3. The number of rotatable bonds is 4. The van der Waals surface area contributed by atoms with Gasteiger partial charge in [0.25, 0.3) is 5.91 Å². The van der Waals surface area contributed by atoms with E-state index in [0.29, 0.717) is 24.0 Å². The maximum absolute atomic E-state index is 12.5. The second-order valence-electron chi connectivity index (χ2n) is 5.82. The molecular formula is C16H21N5O2. The number of piperidine rings is 1. The van der Waals surface area contributed by atoms with E-state index in [-0.39, 0.29) is 5.91 Å². The van der Waals surface area contributed by atoms with Crippen LogP contribution in [0.5, 0.6) is 0 Å². The summed E-state index contributed by atoms with van der Waals surface area (Å²) in [6, 6.07) is 0. The van der Waals surface area contributed by atoms with Gasteiger partial charge in [-0.25, -0.2) is 9.97 Å². The predicted molar refractivity (Wildman–Crippen MR) is 85.2 cm³/mol. The average Bonchev–Trinajstić information content (AvgIpc) is 3.01. The number of aryl methyl sites for hydroxylation is 1. The molecule has 0 radical (unpaired) electrons. The summed E-state index contributed by atoms with van der Waals surface area (Å²) < 4.78 is 5.14. The number of carbonyl (C=O) groups is 1. The summed E-state index contributed by atoms with van der Waals surface area (Å²) in [6.45, 7) is 3.22. The van der Waals surface area contributed by atoms with Crippen LogP contribution in [0.1, 0.15) is 34.9 Å². The quantitative estimate of drug-likeness (QED) is 0.928. The molecule has 3 heterocycles. The first-order chi connectivity index (χ1) is 11.2. The summed E-state index contributed by atoms with van der Waals surface area (Å²) in [4.78, 5) is 27.2. The Balaban J connectivity index is 1.67. The molecule has 0 spiro atoms. The van der Waals surface area contributed by atoms with Crippen molar-refractivity contribution in [1.82, 2.24) is 19.9 Å². The van der Waals surface area contributed by atoms with Gasteiger partial charge in [-0.2, -0.15) is 0 Å². The largest absolute Gasteiger partial charge is 0.448 e. The zero-order valence-corrected chi connectivity index (χ0v) is 13.5. The number of carbonyl (C=O) groups excluding carboxylic acids is 1. The number of hydrogen-bond donors (Lipinski definition) is 1. The Bertz CT molecular complexity index is 685. The molecule has 0 aromatic carbocycles. The van der Waals surface area contributed by atoms with Crippen LogP contribution in [0, 0.1) is 12.8 Å². The fraction of sp³-hybridized carbons (Fsp3) is 0.500. The molecule has 0 bridgehead atoms. The van der Waals surface area contributed by atoms with Crippen LogP contribution in [0.2, 0.25) is 0 Å². The van der Waals surface area contributed by atoms with E-state index in [1.807, 2.05) is 11.9 Å². The molecule has 7 nitrogen and oxygen atoms in total. The van der Waals surface area contributed by atoms with E-state index in [9.17, 15) is 4.79 Å². The monoisotopic (exact) mass is 315 g/mol. The second-order valence-corrected chi connectivity index (χ2v) is 5.82. The molecule has 1 N–H and O–H groups in total. The molecule has 1 aliphatic rings. The maximum atomic E-state index is 12.5. The Hall–Kier alpha value is -2.44. The van der Waals surface area contributed by atoms with Crippen LogP contribution >= 0.6 is 0 Å². The molecule has 7 heteroatoms. The molecule has 0 aliphatic carbocycles. The Labute approximate surface area is 135 Å². The van der Waals surface area contributed by atoms with Gasteiger partial charge in [-0.15, -0.1) is 0 Å². The van der Waals surface area contributed by atoms with Gasteiger partial charge in [-0.1, -0.05) is 0 Å². The molecule has 2 aromatic rings. The van der Waals surface area contributed by atoms with E-state index in [2.05, 4.69) is 20.3 Å². The molecule has 0 saturated carbocycles. The maximum Gasteiger partial charge on any atom is 0.275 e. The number of nitrogens with one attached hydrogen (secondary N) is 1. The van der Waals surface area contributed by atoms with Crippen LogP contribution in [-0.4, -0.2) is 45.9 Å². The second kappa shape index (κ2) is 6.76. The molecular weight excluding hydrogens is 294 g/mol. The first kappa shape index (κ1) is 15.5. The van der Waals surface area contributed by atoms with Crippen LogP contribution in [0.25, 0.3) is 0 Å². The highest BCUT2D eigenvalue weighted by Gasteiger charge is 2.27. The highest BCUT2D eigenvalue weighted by Crippen LogP contribution is 2.23. The number of amides is 1. The molecule has 1 fully saturated rings. The number of aromatic nitrogens is 3. The number of likely N-dealkylation sites (tertiary alicyclic amines) is 1. The molecule has 1 amide bonds. The lowest BCUT2D eigenvalue weighted by molar-refractivity contribution is 0.0667. The standard InChI is InChI=1S/C16H21N5O2/c1-11-20-14(10-23-11)16(22)21-7-3-4-12(9-21)8-13-15(17-2)19-6-5-18-13/h5-6,10,12H,3-4,7-9H2,1-2H3,(H,17,19)/t12-/m0/s1. The third kappa shape index (κ3) is 3.49. The van der Waals surface area contributed by atoms with Crippen molar-refractivity contribution >= 4 is 11.7 Å². The molecule has 1 aliphatic heterocycles. The Morgan fingerprint density at radius 1 is 1.43 bits per heavy atom. The minimum Gasteiger partial charge on any atom is -0.448 e. The predicted octanol–water partition coefficient (Wildman–Crippen LogP) is 1.91. The van der Waals surface area contributed by atoms with Gasteiger partial charge in [0.05, 0.1) is 5.69 Å². The van der Waals surface area contributed by atoms with E-state index in [1.165, 1.54) is 6.26 Å². The summed E-state index contributed by atoms with van der Waals surface area (Å²) >= 11 is 0. The molecule has 0 unspecified atom stereocenters. The van der Waals surface area contributed by atoms with Crippen molar-refractivity contribution < 1.29 is 9.21 Å². The van der Waals surface area contributed by atoms with Gasteiger partial charge >= 0.3 is 0 Å². The summed E-state index contributed by atoms with van der Waals surface area (Å²) in [5.41, 5.74) is 1.34. The first-order valence-corrected chi connectivity index (χ1v) is 7.86. The van der Waals surface area contributed by atoms with E-state index in [0.717, 1.165) is 37.3 Å². The van der Waals surface area contributed by atoms with Crippen molar-refractivity contribution in [3.05, 3.63) is 35.9 Å². The zero-order chi connectivity index (χ0) is 16.2. The SMILES string of the molecule is CNc1nccnc1C[C@@H]1CCCN(C(=O)c2coc(C)n2)C1. The minimum atomic E-state index is -0.0560. The molecule has 1 atom stereocenters. The number of nitrogens with zero attached hydrogens (tertiary/aromatic N) is 4. The summed E-state index contributed by atoms with van der Waals surface area (Å²) in [5.74, 6) is 1.65. The Morgan fingerprint density at radius 3 is 3.00 bits per heavy atom. The number of hydrogen-bond acceptors (Lipinski definition) is 6. The minimum absolute atomic E-state index is 0.0560. The van der Waals surface area contributed by atoms with Gasteiger partial charge in [0.15, 0.2) is 11.6 Å². The van der Waals surface area contributed by atoms with E-state index in [1.54, 1.807) is 19.3 Å². The van der Waals surface area contributed by atoms with Crippen molar-refractivity contribution in [3.63, 3.8) is 0 Å². The van der Waals surface area contributed by atoms with E-state index < -0.39 is 0 Å². The van der Waals surface area contributed by atoms with Crippen LogP contribution in [0.15, 0.2) is 23.1 Å². The van der Waals surface area contributed by atoms with Crippen LogP contribution in [0.3, 0.4) is 0 Å². The van der Waals surface area contributed by atoms with Crippen molar-refractivity contribution in [3.8, 4) is 0 Å². The number of oxazole rings is 1. The third-order valence-corrected chi connectivity index (χ3v) is 4.14. The first-order valence-electron chi connectivity index (χ1n) is 7.86. The molecule has 2 aromatic heterocycles.